The SMILES string of the molecule is COC(=O)N1c2ccc3c(nc(C(C)OC4CCCCC4)n3C3CCC(C=O)CC3)c2CCC1C. The second-order valence-electron chi connectivity index (χ2n) is 10.7. The van der Waals surface area contributed by atoms with Gasteiger partial charge in [-0.3, -0.25) is 4.90 Å². The number of benzene rings is 1. The third kappa shape index (κ3) is 4.59. The van der Waals surface area contributed by atoms with E-state index in [4.69, 9.17) is 14.5 Å². The summed E-state index contributed by atoms with van der Waals surface area (Å²) in [5.41, 5.74) is 4.13. The van der Waals surface area contributed by atoms with Crippen LogP contribution in [0.15, 0.2) is 12.1 Å². The van der Waals surface area contributed by atoms with Crippen LogP contribution in [-0.2, 0) is 20.7 Å². The van der Waals surface area contributed by atoms with Crippen molar-refractivity contribution in [2.45, 2.75) is 109 Å². The van der Waals surface area contributed by atoms with E-state index in [-0.39, 0.29) is 24.2 Å². The Morgan fingerprint density at radius 3 is 2.51 bits per heavy atom. The minimum absolute atomic E-state index is 0.0844. The van der Waals surface area contributed by atoms with E-state index >= 15 is 0 Å². The van der Waals surface area contributed by atoms with Crippen molar-refractivity contribution in [3.63, 3.8) is 0 Å². The highest BCUT2D eigenvalue weighted by Crippen LogP contribution is 2.41. The average molecular weight is 482 g/mol. The van der Waals surface area contributed by atoms with Gasteiger partial charge in [-0.25, -0.2) is 9.78 Å². The fourth-order valence-electron chi connectivity index (χ4n) is 6.51. The number of anilines is 1. The second kappa shape index (κ2) is 10.3. The second-order valence-corrected chi connectivity index (χ2v) is 10.7. The summed E-state index contributed by atoms with van der Waals surface area (Å²) in [5.74, 6) is 1.15. The normalized spacial score (nSPS) is 26.4. The molecule has 5 rings (SSSR count). The van der Waals surface area contributed by atoms with Crippen molar-refractivity contribution in [1.82, 2.24) is 9.55 Å². The van der Waals surface area contributed by atoms with Crippen LogP contribution in [0.3, 0.4) is 0 Å². The number of nitrogens with zero attached hydrogens (tertiary/aromatic N) is 3. The molecule has 0 N–H and O–H groups in total. The van der Waals surface area contributed by atoms with Crippen molar-refractivity contribution in [1.29, 1.82) is 0 Å². The lowest BCUT2D eigenvalue weighted by Gasteiger charge is -2.34. The molecule has 2 aliphatic carbocycles. The number of rotatable bonds is 5. The van der Waals surface area contributed by atoms with Crippen molar-refractivity contribution in [2.75, 3.05) is 12.0 Å². The molecule has 2 saturated carbocycles. The van der Waals surface area contributed by atoms with Gasteiger partial charge in [0.2, 0.25) is 0 Å². The molecule has 0 spiro atoms. The third-order valence-electron chi connectivity index (χ3n) is 8.46. The fraction of sp³-hybridized carbons (Fsp3) is 0.679. The lowest BCUT2D eigenvalue weighted by Crippen LogP contribution is -2.42. The van der Waals surface area contributed by atoms with E-state index in [1.807, 2.05) is 0 Å². The number of hydrogen-bond acceptors (Lipinski definition) is 5. The number of aldehydes is 1. The topological polar surface area (TPSA) is 73.7 Å². The molecule has 1 amide bonds. The first-order valence-electron chi connectivity index (χ1n) is 13.5. The standard InChI is InChI=1S/C28H39N3O4/c1-18-9-14-23-24(30(18)28(33)34-3)15-16-25-26(23)29-27(19(2)35-22-7-5-4-6-8-22)31(25)21-12-10-20(17-32)11-13-21/h15-22H,4-14H2,1-3H3. The van der Waals surface area contributed by atoms with Gasteiger partial charge in [-0.15, -0.1) is 0 Å². The molecule has 2 fully saturated rings. The largest absolute Gasteiger partial charge is 0.452 e. The molecule has 1 aromatic carbocycles. The first-order chi connectivity index (χ1) is 17.0. The highest BCUT2D eigenvalue weighted by atomic mass is 16.5. The molecule has 2 aromatic rings. The summed E-state index contributed by atoms with van der Waals surface area (Å²) in [6.07, 6.45) is 12.5. The minimum Gasteiger partial charge on any atom is -0.452 e. The Kier molecular flexibility index (Phi) is 7.14. The van der Waals surface area contributed by atoms with Crippen LogP contribution in [0.4, 0.5) is 10.5 Å². The number of ether oxygens (including phenoxy) is 2. The average Bonchev–Trinajstić information content (AvgIpc) is 3.29. The van der Waals surface area contributed by atoms with Gasteiger partial charge in [0, 0.05) is 23.6 Å². The zero-order valence-corrected chi connectivity index (χ0v) is 21.4. The highest BCUT2D eigenvalue weighted by molar-refractivity contribution is 5.95. The van der Waals surface area contributed by atoms with Gasteiger partial charge in [0.05, 0.1) is 29.9 Å². The van der Waals surface area contributed by atoms with Crippen molar-refractivity contribution >= 4 is 29.1 Å². The molecule has 7 heteroatoms. The Hall–Kier alpha value is -2.41. The molecule has 190 valence electrons. The molecular weight excluding hydrogens is 442 g/mol. The third-order valence-corrected chi connectivity index (χ3v) is 8.46. The molecular formula is C28H39N3O4. The van der Waals surface area contributed by atoms with Crippen LogP contribution in [0.5, 0.6) is 0 Å². The van der Waals surface area contributed by atoms with Gasteiger partial charge < -0.3 is 18.8 Å². The number of carbonyl (C=O) groups is 2. The molecule has 1 aromatic heterocycles. The number of methoxy groups -OCH3 is 1. The molecule has 0 radical (unpaired) electrons. The van der Waals surface area contributed by atoms with E-state index in [1.165, 1.54) is 26.4 Å². The van der Waals surface area contributed by atoms with Gasteiger partial charge in [-0.05, 0) is 77.3 Å². The highest BCUT2D eigenvalue weighted by Gasteiger charge is 2.34. The summed E-state index contributed by atoms with van der Waals surface area (Å²) in [5, 5.41) is 0. The van der Waals surface area contributed by atoms with Crippen LogP contribution >= 0.6 is 0 Å². The Morgan fingerprint density at radius 1 is 1.09 bits per heavy atom. The molecule has 35 heavy (non-hydrogen) atoms. The maximum atomic E-state index is 12.6. The molecule has 3 aliphatic rings. The van der Waals surface area contributed by atoms with E-state index in [0.29, 0.717) is 12.1 Å². The Morgan fingerprint density at radius 2 is 1.83 bits per heavy atom. The van der Waals surface area contributed by atoms with Crippen molar-refractivity contribution < 1.29 is 19.1 Å². The fourth-order valence-corrected chi connectivity index (χ4v) is 6.51. The molecule has 0 saturated heterocycles. The molecule has 2 heterocycles. The van der Waals surface area contributed by atoms with E-state index in [2.05, 4.69) is 30.5 Å². The maximum absolute atomic E-state index is 12.6. The summed E-state index contributed by atoms with van der Waals surface area (Å²) in [6.45, 7) is 4.21. The van der Waals surface area contributed by atoms with E-state index < -0.39 is 0 Å². The van der Waals surface area contributed by atoms with Gasteiger partial charge in [-0.2, -0.15) is 0 Å². The number of imidazole rings is 1. The number of aromatic nitrogens is 2. The minimum atomic E-state index is -0.321. The predicted octanol–water partition coefficient (Wildman–Crippen LogP) is 6.28. The molecule has 7 nitrogen and oxygen atoms in total. The van der Waals surface area contributed by atoms with Gasteiger partial charge in [0.1, 0.15) is 18.2 Å². The predicted molar refractivity (Wildman–Crippen MR) is 136 cm³/mol. The zero-order valence-electron chi connectivity index (χ0n) is 21.4. The Balaban J connectivity index is 1.57. The lowest BCUT2D eigenvalue weighted by atomic mass is 9.86. The van der Waals surface area contributed by atoms with Crippen LogP contribution in [-0.4, -0.2) is 41.2 Å². The first-order valence-corrected chi connectivity index (χ1v) is 13.5. The van der Waals surface area contributed by atoms with Crippen LogP contribution in [0, 0.1) is 5.92 Å². The van der Waals surface area contributed by atoms with Gasteiger partial charge in [-0.1, -0.05) is 19.3 Å². The number of carbonyl (C=O) groups excluding carboxylic acids is 2. The molecule has 2 atom stereocenters. The van der Waals surface area contributed by atoms with E-state index in [1.54, 1.807) is 4.90 Å². The van der Waals surface area contributed by atoms with E-state index in [0.717, 1.165) is 85.8 Å². The molecule has 0 bridgehead atoms. The van der Waals surface area contributed by atoms with Crippen LogP contribution < -0.4 is 4.90 Å². The summed E-state index contributed by atoms with van der Waals surface area (Å²) in [6, 6.07) is 4.58. The maximum Gasteiger partial charge on any atom is 0.414 e. The van der Waals surface area contributed by atoms with Crippen LogP contribution in [0.25, 0.3) is 11.0 Å². The number of fused-ring (bicyclic) bond motifs is 3. The van der Waals surface area contributed by atoms with Gasteiger partial charge in [0.15, 0.2) is 0 Å². The van der Waals surface area contributed by atoms with Gasteiger partial charge >= 0.3 is 6.09 Å². The Labute approximate surface area is 208 Å². The number of aryl methyl sites for hydroxylation is 1. The van der Waals surface area contributed by atoms with Crippen LogP contribution in [0.2, 0.25) is 0 Å². The van der Waals surface area contributed by atoms with Gasteiger partial charge in [0.25, 0.3) is 0 Å². The first kappa shape index (κ1) is 24.3. The lowest BCUT2D eigenvalue weighted by molar-refractivity contribution is -0.112. The van der Waals surface area contributed by atoms with E-state index in [9.17, 15) is 9.59 Å². The summed E-state index contributed by atoms with van der Waals surface area (Å²) < 4.78 is 14.1. The summed E-state index contributed by atoms with van der Waals surface area (Å²) >= 11 is 0. The molecule has 2 unspecified atom stereocenters. The monoisotopic (exact) mass is 481 g/mol. The van der Waals surface area contributed by atoms with Crippen LogP contribution in [0.1, 0.15) is 102 Å². The Bertz CT molecular complexity index is 1070. The zero-order chi connectivity index (χ0) is 24.5. The van der Waals surface area contributed by atoms with Crippen molar-refractivity contribution in [2.24, 2.45) is 5.92 Å². The van der Waals surface area contributed by atoms with Crippen molar-refractivity contribution in [3.8, 4) is 0 Å². The number of amides is 1. The smallest absolute Gasteiger partial charge is 0.414 e. The van der Waals surface area contributed by atoms with Crippen molar-refractivity contribution in [3.05, 3.63) is 23.5 Å². The molecule has 1 aliphatic heterocycles. The summed E-state index contributed by atoms with van der Waals surface area (Å²) in [4.78, 5) is 31.0. The summed E-state index contributed by atoms with van der Waals surface area (Å²) in [7, 11) is 1.44. The number of hydrogen-bond donors (Lipinski definition) is 0. The quantitative estimate of drug-likeness (QED) is 0.470.